The Hall–Kier alpha value is -4.41. The lowest BCUT2D eigenvalue weighted by Gasteiger charge is -2.11. The van der Waals surface area contributed by atoms with Crippen LogP contribution in [0.4, 0.5) is 0 Å². The summed E-state index contributed by atoms with van der Waals surface area (Å²) in [6.07, 6.45) is 0. The topological polar surface area (TPSA) is 30.4 Å². The number of imidazole rings is 1. The number of nitrogens with zero attached hydrogens (tertiary/aromatic N) is 2. The minimum absolute atomic E-state index is 0.902. The molecular weight excluding hydrogens is 448 g/mol. The Labute approximate surface area is 202 Å². The molecule has 0 atom stereocenters. The molecule has 3 nitrogen and oxygen atoms in total. The van der Waals surface area contributed by atoms with Gasteiger partial charge in [0.25, 0.3) is 0 Å². The summed E-state index contributed by atoms with van der Waals surface area (Å²) in [6.45, 7) is 0. The van der Waals surface area contributed by atoms with Gasteiger partial charge in [0.1, 0.15) is 16.8 Å². The lowest BCUT2D eigenvalue weighted by molar-refractivity contribution is 0.669. The van der Waals surface area contributed by atoms with Crippen molar-refractivity contribution in [1.82, 2.24) is 9.38 Å². The molecule has 0 aliphatic heterocycles. The molecule has 0 aliphatic rings. The van der Waals surface area contributed by atoms with Crippen molar-refractivity contribution < 1.29 is 4.42 Å². The highest BCUT2D eigenvalue weighted by atomic mass is 32.1. The number of pyridine rings is 1. The number of hydrogen-bond donors (Lipinski definition) is 0. The molecule has 0 spiro atoms. The number of hydrogen-bond acceptors (Lipinski definition) is 3. The molecule has 0 bridgehead atoms. The van der Waals surface area contributed by atoms with Crippen LogP contribution in [0, 0.1) is 0 Å². The van der Waals surface area contributed by atoms with E-state index in [1.54, 1.807) is 0 Å². The van der Waals surface area contributed by atoms with Gasteiger partial charge >= 0.3 is 0 Å². The third kappa shape index (κ3) is 2.14. The molecule has 0 N–H and O–H groups in total. The monoisotopic (exact) mass is 464 g/mol. The van der Waals surface area contributed by atoms with Gasteiger partial charge in [-0.1, -0.05) is 54.6 Å². The summed E-state index contributed by atoms with van der Waals surface area (Å²) in [6, 6.07) is 34.4. The van der Waals surface area contributed by atoms with Crippen LogP contribution in [0.25, 0.3) is 80.5 Å². The standard InChI is InChI=1S/C31H16N2OS/c1-5-11-23-19(7-1)27-24(34-23)15-13-18-17-14-16-26-28(20-8-2-6-12-25(20)35-26)29(17)31-32-21-9-3-4-10-22(21)33(31)30(18)27/h1-16H. The summed E-state index contributed by atoms with van der Waals surface area (Å²) >= 11 is 1.85. The molecule has 9 rings (SSSR count). The first-order valence-electron chi connectivity index (χ1n) is 11.7. The Morgan fingerprint density at radius 3 is 2.34 bits per heavy atom. The molecule has 0 fully saturated rings. The molecule has 0 radical (unpaired) electrons. The molecule has 4 aromatic heterocycles. The van der Waals surface area contributed by atoms with E-state index in [1.807, 2.05) is 23.5 Å². The van der Waals surface area contributed by atoms with E-state index in [0.717, 1.165) is 44.1 Å². The van der Waals surface area contributed by atoms with E-state index >= 15 is 0 Å². The number of fused-ring (bicyclic) bond motifs is 16. The van der Waals surface area contributed by atoms with Crippen LogP contribution in [-0.4, -0.2) is 9.38 Å². The minimum Gasteiger partial charge on any atom is -0.456 e. The van der Waals surface area contributed by atoms with Gasteiger partial charge in [0.2, 0.25) is 0 Å². The van der Waals surface area contributed by atoms with Crippen LogP contribution < -0.4 is 0 Å². The molecular formula is C31H16N2OS. The lowest BCUT2D eigenvalue weighted by atomic mass is 9.99. The zero-order valence-corrected chi connectivity index (χ0v) is 19.3. The van der Waals surface area contributed by atoms with Crippen LogP contribution >= 0.6 is 11.3 Å². The Morgan fingerprint density at radius 2 is 1.37 bits per heavy atom. The molecule has 5 aromatic carbocycles. The van der Waals surface area contributed by atoms with Crippen molar-refractivity contribution in [3.8, 4) is 0 Å². The molecule has 4 heteroatoms. The fourth-order valence-electron chi connectivity index (χ4n) is 5.94. The maximum Gasteiger partial charge on any atom is 0.147 e. The highest BCUT2D eigenvalue weighted by molar-refractivity contribution is 7.26. The largest absolute Gasteiger partial charge is 0.456 e. The highest BCUT2D eigenvalue weighted by Crippen LogP contribution is 2.45. The molecule has 9 aromatic rings. The third-order valence-electron chi connectivity index (χ3n) is 7.36. The minimum atomic E-state index is 0.902. The van der Waals surface area contributed by atoms with E-state index in [9.17, 15) is 0 Å². The summed E-state index contributed by atoms with van der Waals surface area (Å²) in [5, 5.41) is 8.52. The van der Waals surface area contributed by atoms with Gasteiger partial charge in [0.05, 0.1) is 21.9 Å². The lowest BCUT2D eigenvalue weighted by Crippen LogP contribution is -1.93. The molecule has 0 unspecified atom stereocenters. The van der Waals surface area contributed by atoms with Crippen molar-refractivity contribution in [2.24, 2.45) is 0 Å². The molecule has 0 saturated carbocycles. The van der Waals surface area contributed by atoms with E-state index in [2.05, 4.69) is 89.3 Å². The number of rotatable bonds is 0. The predicted octanol–water partition coefficient (Wildman–Crippen LogP) is 9.06. The first kappa shape index (κ1) is 18.0. The second-order valence-corrected chi connectivity index (χ2v) is 10.2. The molecule has 162 valence electrons. The van der Waals surface area contributed by atoms with Gasteiger partial charge in [-0.2, -0.15) is 0 Å². The number of benzene rings is 5. The number of thiophene rings is 1. The van der Waals surface area contributed by atoms with E-state index in [0.29, 0.717) is 0 Å². The van der Waals surface area contributed by atoms with Crippen molar-refractivity contribution in [3.63, 3.8) is 0 Å². The van der Waals surface area contributed by atoms with Gasteiger partial charge in [0.15, 0.2) is 0 Å². The first-order valence-corrected chi connectivity index (χ1v) is 12.6. The summed E-state index contributed by atoms with van der Waals surface area (Å²) < 4.78 is 11.3. The highest BCUT2D eigenvalue weighted by Gasteiger charge is 2.21. The van der Waals surface area contributed by atoms with Gasteiger partial charge < -0.3 is 4.42 Å². The van der Waals surface area contributed by atoms with Crippen LogP contribution in [0.15, 0.2) is 101 Å². The third-order valence-corrected chi connectivity index (χ3v) is 8.49. The summed E-state index contributed by atoms with van der Waals surface area (Å²) in [4.78, 5) is 5.24. The van der Waals surface area contributed by atoms with Crippen molar-refractivity contribution >= 4 is 91.8 Å². The van der Waals surface area contributed by atoms with Crippen LogP contribution in [0.1, 0.15) is 0 Å². The second-order valence-electron chi connectivity index (χ2n) is 9.15. The van der Waals surface area contributed by atoms with Crippen molar-refractivity contribution in [1.29, 1.82) is 0 Å². The molecule has 35 heavy (non-hydrogen) atoms. The van der Waals surface area contributed by atoms with Crippen LogP contribution in [0.2, 0.25) is 0 Å². The van der Waals surface area contributed by atoms with Gasteiger partial charge in [-0.3, -0.25) is 4.40 Å². The Bertz CT molecular complexity index is 2330. The first-order chi connectivity index (χ1) is 17.4. The zero-order chi connectivity index (χ0) is 22.7. The van der Waals surface area contributed by atoms with Crippen molar-refractivity contribution in [2.45, 2.75) is 0 Å². The zero-order valence-electron chi connectivity index (χ0n) is 18.4. The SMILES string of the molecule is c1ccc2c(c1)nc1c3c(ccc4sc5ccccc5c43)c3ccc4oc5ccccc5c4c3n21. The fourth-order valence-corrected chi connectivity index (χ4v) is 7.06. The van der Waals surface area contributed by atoms with Crippen LogP contribution in [-0.2, 0) is 0 Å². The van der Waals surface area contributed by atoms with E-state index < -0.39 is 0 Å². The summed E-state index contributed by atoms with van der Waals surface area (Å²) in [7, 11) is 0. The Balaban J connectivity index is 1.70. The Morgan fingerprint density at radius 1 is 0.571 bits per heavy atom. The van der Waals surface area contributed by atoms with Crippen molar-refractivity contribution in [2.75, 3.05) is 0 Å². The molecule has 0 saturated heterocycles. The predicted molar refractivity (Wildman–Crippen MR) is 148 cm³/mol. The Kier molecular flexibility index (Phi) is 3.17. The quantitative estimate of drug-likeness (QED) is 0.210. The van der Waals surface area contributed by atoms with Crippen molar-refractivity contribution in [3.05, 3.63) is 97.1 Å². The maximum absolute atomic E-state index is 6.29. The summed E-state index contributed by atoms with van der Waals surface area (Å²) in [5.74, 6) is 0. The van der Waals surface area contributed by atoms with E-state index in [1.165, 1.54) is 36.3 Å². The average Bonchev–Trinajstić information content (AvgIpc) is 3.59. The number of furan rings is 1. The van der Waals surface area contributed by atoms with Gasteiger partial charge in [-0.25, -0.2) is 4.98 Å². The fraction of sp³-hybridized carbons (Fsp3) is 0. The molecule has 4 heterocycles. The van der Waals surface area contributed by atoms with Crippen LogP contribution in [0.3, 0.4) is 0 Å². The van der Waals surface area contributed by atoms with Gasteiger partial charge in [-0.05, 0) is 47.9 Å². The molecule has 0 aliphatic carbocycles. The second kappa shape index (κ2) is 6.17. The smallest absolute Gasteiger partial charge is 0.147 e. The molecule has 0 amide bonds. The number of aromatic nitrogens is 2. The summed E-state index contributed by atoms with van der Waals surface area (Å²) in [5.41, 5.74) is 6.08. The average molecular weight is 465 g/mol. The van der Waals surface area contributed by atoms with Crippen LogP contribution in [0.5, 0.6) is 0 Å². The normalized spacial score (nSPS) is 12.6. The van der Waals surface area contributed by atoms with E-state index in [4.69, 9.17) is 9.40 Å². The van der Waals surface area contributed by atoms with Gasteiger partial charge in [0, 0.05) is 36.3 Å². The van der Waals surface area contributed by atoms with Gasteiger partial charge in [-0.15, -0.1) is 11.3 Å². The number of para-hydroxylation sites is 3. The van der Waals surface area contributed by atoms with E-state index in [-0.39, 0.29) is 0 Å². The maximum atomic E-state index is 6.29.